The number of aryl methyl sites for hydroxylation is 1. The Morgan fingerprint density at radius 1 is 1.10 bits per heavy atom. The average Bonchev–Trinajstić information content (AvgIpc) is 3.18. The number of nitrogens with zero attached hydrogens (tertiary/aromatic N) is 1. The molecule has 1 aliphatic rings. The minimum atomic E-state index is -1.71. The molecule has 2 aromatic rings. The van der Waals surface area contributed by atoms with E-state index in [1.165, 1.54) is 12.1 Å². The summed E-state index contributed by atoms with van der Waals surface area (Å²) in [6, 6.07) is 3.85. The third-order valence-corrected chi connectivity index (χ3v) is 6.18. The summed E-state index contributed by atoms with van der Waals surface area (Å²) in [7, 11) is 0. The molecule has 0 unspecified atom stereocenters. The number of aliphatic carboxylic acids is 1. The number of carbonyl (C=O) groups is 5. The Labute approximate surface area is 231 Å². The Hall–Kier alpha value is -4.33. The highest BCUT2D eigenvalue weighted by molar-refractivity contribution is 6.36. The van der Waals surface area contributed by atoms with Crippen LogP contribution in [0.5, 0.6) is 5.75 Å². The second kappa shape index (κ2) is 13.8. The Bertz CT molecular complexity index is 1310. The van der Waals surface area contributed by atoms with Gasteiger partial charge in [0.25, 0.3) is 5.91 Å². The van der Waals surface area contributed by atoms with Crippen LogP contribution in [0.2, 0.25) is 0 Å². The van der Waals surface area contributed by atoms with E-state index in [1.807, 2.05) is 0 Å². The van der Waals surface area contributed by atoms with Gasteiger partial charge in [0, 0.05) is 19.5 Å². The van der Waals surface area contributed by atoms with Crippen LogP contribution in [-0.2, 0) is 35.1 Å². The van der Waals surface area contributed by atoms with Crippen LogP contribution in [0.1, 0.15) is 17.5 Å². The predicted molar refractivity (Wildman–Crippen MR) is 132 cm³/mol. The van der Waals surface area contributed by atoms with Crippen molar-refractivity contribution in [3.8, 4) is 5.75 Å². The van der Waals surface area contributed by atoms with Crippen molar-refractivity contribution >= 4 is 29.4 Å². The number of hydrogen-bond acceptors (Lipinski definition) is 7. The van der Waals surface area contributed by atoms with E-state index in [0.717, 1.165) is 24.0 Å². The number of carboxylic acids is 1. The fraction of sp³-hybridized carbons (Fsp3) is 0.370. The van der Waals surface area contributed by atoms with Gasteiger partial charge in [-0.05, 0) is 36.2 Å². The van der Waals surface area contributed by atoms with Crippen LogP contribution >= 0.6 is 0 Å². The third-order valence-electron chi connectivity index (χ3n) is 6.18. The summed E-state index contributed by atoms with van der Waals surface area (Å²) in [6.45, 7) is -0.547. The maximum absolute atomic E-state index is 14.2. The van der Waals surface area contributed by atoms with Crippen LogP contribution in [0.25, 0.3) is 0 Å². The van der Waals surface area contributed by atoms with Gasteiger partial charge in [0.1, 0.15) is 18.5 Å². The molecule has 2 amide bonds. The molecular weight excluding hydrogens is 556 g/mol. The number of halogens is 4. The van der Waals surface area contributed by atoms with Gasteiger partial charge in [-0.25, -0.2) is 13.2 Å². The third kappa shape index (κ3) is 8.33. The molecule has 14 heteroatoms. The maximum Gasteiger partial charge on any atom is 0.305 e. The molecule has 10 nitrogen and oxygen atoms in total. The largest absolute Gasteiger partial charge is 0.481 e. The molecule has 1 saturated heterocycles. The molecule has 41 heavy (non-hydrogen) atoms. The van der Waals surface area contributed by atoms with E-state index in [0.29, 0.717) is 11.6 Å². The molecular formula is C27H26F4N2O8. The van der Waals surface area contributed by atoms with Crippen LogP contribution < -0.4 is 10.1 Å². The van der Waals surface area contributed by atoms with E-state index in [-0.39, 0.29) is 38.3 Å². The first-order valence-electron chi connectivity index (χ1n) is 12.3. The number of amides is 2. The van der Waals surface area contributed by atoms with Gasteiger partial charge < -0.3 is 24.8 Å². The number of ether oxygens (including phenoxy) is 2. The molecule has 0 spiro atoms. The van der Waals surface area contributed by atoms with Gasteiger partial charge in [-0.2, -0.15) is 4.39 Å². The quantitative estimate of drug-likeness (QED) is 0.232. The number of carbonyl (C=O) groups excluding carboxylic acids is 4. The smallest absolute Gasteiger partial charge is 0.305 e. The van der Waals surface area contributed by atoms with Crippen molar-refractivity contribution in [2.24, 2.45) is 5.92 Å². The van der Waals surface area contributed by atoms with Crippen LogP contribution in [0.4, 0.5) is 17.6 Å². The number of nitrogens with one attached hydrogen (secondary N) is 1. The van der Waals surface area contributed by atoms with Crippen LogP contribution in [0.3, 0.4) is 0 Å². The molecule has 2 atom stereocenters. The topological polar surface area (TPSA) is 139 Å². The average molecular weight is 583 g/mol. The lowest BCUT2D eigenvalue weighted by Crippen LogP contribution is -2.50. The summed E-state index contributed by atoms with van der Waals surface area (Å²) >= 11 is 0. The lowest BCUT2D eigenvalue weighted by Gasteiger charge is -2.24. The van der Waals surface area contributed by atoms with Gasteiger partial charge in [-0.1, -0.05) is 12.1 Å². The van der Waals surface area contributed by atoms with Crippen molar-refractivity contribution in [3.05, 3.63) is 64.7 Å². The van der Waals surface area contributed by atoms with E-state index in [9.17, 15) is 46.6 Å². The second-order valence-electron chi connectivity index (χ2n) is 9.30. The number of Topliss-reactive ketones (excluding diaryl/α,β-unsaturated/α-hetero) is 2. The van der Waals surface area contributed by atoms with E-state index in [4.69, 9.17) is 9.47 Å². The van der Waals surface area contributed by atoms with Gasteiger partial charge in [0.05, 0.1) is 25.6 Å². The normalized spacial score (nSPS) is 15.9. The summed E-state index contributed by atoms with van der Waals surface area (Å²) in [4.78, 5) is 63.4. The first-order valence-corrected chi connectivity index (χ1v) is 12.3. The molecule has 0 radical (unpaired) electrons. The fourth-order valence-electron chi connectivity index (χ4n) is 3.97. The number of carboxylic acid groups (broad SMARTS) is 1. The zero-order valence-corrected chi connectivity index (χ0v) is 21.8. The molecule has 2 aromatic carbocycles. The van der Waals surface area contributed by atoms with Crippen molar-refractivity contribution < 1.29 is 56.1 Å². The number of rotatable bonds is 11. The Kier molecular flexibility index (Phi) is 10.5. The van der Waals surface area contributed by atoms with Crippen molar-refractivity contribution in [2.75, 3.05) is 32.9 Å². The number of benzene rings is 2. The van der Waals surface area contributed by atoms with Crippen LogP contribution in [0, 0.1) is 36.1 Å². The standard InChI is InChI=1S/C27H26F4N2O8/c1-14-8-18(29)24(31)25(23(14)30)41-13-21(35)19(10-22(36)37)32-26(38)16-11-33(6-7-40-12-16)27(39)20(34)9-15-2-4-17(28)5-3-15/h2-5,8,16,19H,6-7,9-13H2,1H3,(H,32,38)(H,36,37)/t16-,19-/m0/s1. The van der Waals surface area contributed by atoms with Gasteiger partial charge in [0.15, 0.2) is 23.2 Å². The van der Waals surface area contributed by atoms with Crippen molar-refractivity contribution in [1.82, 2.24) is 10.2 Å². The molecule has 1 heterocycles. The van der Waals surface area contributed by atoms with Crippen LogP contribution in [0.15, 0.2) is 30.3 Å². The lowest BCUT2D eigenvalue weighted by molar-refractivity contribution is -0.145. The fourth-order valence-corrected chi connectivity index (χ4v) is 3.97. The monoisotopic (exact) mass is 582 g/mol. The van der Waals surface area contributed by atoms with E-state index in [1.54, 1.807) is 0 Å². The molecule has 1 aliphatic heterocycles. The number of ketones is 2. The van der Waals surface area contributed by atoms with Crippen molar-refractivity contribution in [2.45, 2.75) is 25.8 Å². The highest BCUT2D eigenvalue weighted by Crippen LogP contribution is 2.27. The predicted octanol–water partition coefficient (Wildman–Crippen LogP) is 1.75. The van der Waals surface area contributed by atoms with Crippen molar-refractivity contribution in [3.63, 3.8) is 0 Å². The first-order chi connectivity index (χ1) is 19.4. The Morgan fingerprint density at radius 2 is 1.78 bits per heavy atom. The van der Waals surface area contributed by atoms with Gasteiger partial charge in [-0.15, -0.1) is 0 Å². The highest BCUT2D eigenvalue weighted by atomic mass is 19.2. The summed E-state index contributed by atoms with van der Waals surface area (Å²) in [5.41, 5.74) is 0.0980. The summed E-state index contributed by atoms with van der Waals surface area (Å²) < 4.78 is 65.1. The molecule has 0 saturated carbocycles. The van der Waals surface area contributed by atoms with Gasteiger partial charge in [-0.3, -0.25) is 24.0 Å². The minimum Gasteiger partial charge on any atom is -0.481 e. The highest BCUT2D eigenvalue weighted by Gasteiger charge is 2.33. The molecule has 2 N–H and O–H groups in total. The molecule has 0 aromatic heterocycles. The summed E-state index contributed by atoms with van der Waals surface area (Å²) in [6.07, 6.45) is -1.23. The first kappa shape index (κ1) is 31.2. The second-order valence-corrected chi connectivity index (χ2v) is 9.30. The van der Waals surface area contributed by atoms with Gasteiger partial charge in [0.2, 0.25) is 17.5 Å². The van der Waals surface area contributed by atoms with Crippen molar-refractivity contribution in [1.29, 1.82) is 0 Å². The molecule has 3 rings (SSSR count). The lowest BCUT2D eigenvalue weighted by atomic mass is 10.0. The van der Waals surface area contributed by atoms with Crippen LogP contribution in [-0.4, -0.2) is 78.3 Å². The summed E-state index contributed by atoms with van der Waals surface area (Å²) in [5.74, 6) is -12.4. The minimum absolute atomic E-state index is 0.0190. The van der Waals surface area contributed by atoms with E-state index in [2.05, 4.69) is 5.32 Å². The zero-order chi connectivity index (χ0) is 30.3. The van der Waals surface area contributed by atoms with E-state index < -0.39 is 83.4 Å². The molecule has 1 fully saturated rings. The van der Waals surface area contributed by atoms with Gasteiger partial charge >= 0.3 is 5.97 Å². The zero-order valence-electron chi connectivity index (χ0n) is 21.8. The Morgan fingerprint density at radius 3 is 2.44 bits per heavy atom. The van der Waals surface area contributed by atoms with E-state index >= 15 is 0 Å². The Balaban J connectivity index is 1.66. The molecule has 0 aliphatic carbocycles. The number of hydrogen-bond donors (Lipinski definition) is 2. The SMILES string of the molecule is Cc1cc(F)c(F)c(OCC(=O)[C@H](CC(=O)O)NC(=O)[C@@H]2COCCN(C(=O)C(=O)Cc3ccc(F)cc3)C2)c1F. The molecule has 0 bridgehead atoms. The molecule has 220 valence electrons. The maximum atomic E-state index is 14.2. The summed E-state index contributed by atoms with van der Waals surface area (Å²) in [5, 5.41) is 11.4.